The molecule has 0 aromatic carbocycles. The number of primary amides is 1. The molecule has 1 amide bonds. The van der Waals surface area contributed by atoms with Gasteiger partial charge in [-0.3, -0.25) is 4.79 Å². The van der Waals surface area contributed by atoms with E-state index in [0.717, 1.165) is 6.92 Å². The number of hydrogen-bond donors (Lipinski definition) is 1. The Labute approximate surface area is 35.1 Å². The molecule has 36 valence electrons. The van der Waals surface area contributed by atoms with Crippen molar-refractivity contribution in [3.63, 3.8) is 0 Å². The van der Waals surface area contributed by atoms with Crippen LogP contribution in [0.2, 0.25) is 0 Å². The second kappa shape index (κ2) is 1.74. The van der Waals surface area contributed by atoms with Gasteiger partial charge in [-0.05, 0) is 6.92 Å². The molecule has 0 aromatic heterocycles. The number of rotatable bonds is 1. The minimum Gasteiger partial charge on any atom is -0.367 e. The lowest BCUT2D eigenvalue weighted by atomic mass is 10.4. The van der Waals surface area contributed by atoms with Crippen LogP contribution in [-0.4, -0.2) is 12.1 Å². The predicted molar refractivity (Wildman–Crippen MR) is 19.8 cm³/mol. The molecule has 6 heavy (non-hydrogen) atoms. The van der Waals surface area contributed by atoms with Crippen molar-refractivity contribution >= 4 is 5.91 Å². The van der Waals surface area contributed by atoms with E-state index in [9.17, 15) is 9.18 Å². The smallest absolute Gasteiger partial charge is 0.251 e. The molecular formula is C3H6FNO. The summed E-state index contributed by atoms with van der Waals surface area (Å²) in [5, 5.41) is 0. The lowest BCUT2D eigenvalue weighted by Gasteiger charge is -1.86. The van der Waals surface area contributed by atoms with Gasteiger partial charge >= 0.3 is 0 Å². The molecule has 0 aromatic rings. The van der Waals surface area contributed by atoms with E-state index in [0.29, 0.717) is 0 Å². The Morgan fingerprint density at radius 3 is 2.17 bits per heavy atom. The number of hydrogen-bond acceptors (Lipinski definition) is 1. The molecule has 2 nitrogen and oxygen atoms in total. The van der Waals surface area contributed by atoms with Gasteiger partial charge in [0.1, 0.15) is 0 Å². The van der Waals surface area contributed by atoms with Crippen molar-refractivity contribution < 1.29 is 9.18 Å². The molecule has 0 radical (unpaired) electrons. The van der Waals surface area contributed by atoms with Crippen molar-refractivity contribution in [2.24, 2.45) is 5.73 Å². The maximum Gasteiger partial charge on any atom is 0.251 e. The Morgan fingerprint density at radius 2 is 2.17 bits per heavy atom. The van der Waals surface area contributed by atoms with E-state index in [1.807, 2.05) is 0 Å². The molecule has 0 aliphatic heterocycles. The minimum atomic E-state index is -1.51. The summed E-state index contributed by atoms with van der Waals surface area (Å²) < 4.78 is 11.3. The molecule has 0 heterocycles. The van der Waals surface area contributed by atoms with Crippen LogP contribution in [-0.2, 0) is 4.79 Å². The number of carbonyl (C=O) groups excluding carboxylic acids is 1. The summed E-state index contributed by atoms with van der Waals surface area (Å²) in [5.41, 5.74) is 4.42. The fourth-order valence-electron chi connectivity index (χ4n) is 0. The van der Waals surface area contributed by atoms with Crippen molar-refractivity contribution in [1.29, 1.82) is 0 Å². The average Bonchev–Trinajstić information content (AvgIpc) is 1.36. The molecule has 0 aliphatic rings. The highest BCUT2D eigenvalue weighted by molar-refractivity contribution is 5.78. The predicted octanol–water partition coefficient (Wildman–Crippen LogP) is -0.170. The molecular weight excluding hydrogens is 84.0 g/mol. The van der Waals surface area contributed by atoms with Gasteiger partial charge in [0.15, 0.2) is 6.17 Å². The molecule has 1 atom stereocenters. The molecule has 0 saturated heterocycles. The first kappa shape index (κ1) is 5.40. The molecule has 0 bridgehead atoms. The summed E-state index contributed by atoms with van der Waals surface area (Å²) in [6.07, 6.45) is -1.51. The number of nitrogens with two attached hydrogens (primary N) is 1. The van der Waals surface area contributed by atoms with E-state index in [4.69, 9.17) is 0 Å². The average molecular weight is 90.1 g/mol. The van der Waals surface area contributed by atoms with Crippen molar-refractivity contribution in [2.75, 3.05) is 0 Å². The van der Waals surface area contributed by atoms with Crippen LogP contribution >= 0.6 is 0 Å². The van der Waals surface area contributed by atoms with Gasteiger partial charge in [-0.15, -0.1) is 0 Å². The van der Waals surface area contributed by atoms with Gasteiger partial charge in [-0.1, -0.05) is 0 Å². The van der Waals surface area contributed by atoms with Gasteiger partial charge < -0.3 is 5.73 Å². The fraction of sp³-hybridized carbons (Fsp3) is 0.667. The van der Waals surface area contributed by atoms with Crippen LogP contribution < -0.4 is 5.73 Å². The highest BCUT2D eigenvalue weighted by Gasteiger charge is 2.01. The highest BCUT2D eigenvalue weighted by atomic mass is 18.2. The lowest BCUT2D eigenvalue weighted by molar-refractivity contribution is -0.122. The molecule has 3 heteroatoms. The van der Waals surface area contributed by atoms with E-state index in [2.05, 4.69) is 5.73 Å². The normalized spacial score (nSPS) is 13.7. The Bertz CT molecular complexity index is 61.8. The van der Waals surface area contributed by atoms with Crippen LogP contribution in [0.4, 0.5) is 4.39 Å². The monoisotopic (exact) mass is 90.0 g/mol. The third-order valence-electron chi connectivity index (χ3n) is 0.392. The zero-order valence-electron chi connectivity index (χ0n) is 3.44. The Morgan fingerprint density at radius 1 is 2.00 bits per heavy atom. The Balaban J connectivity index is 3.26. The quantitative estimate of drug-likeness (QED) is 0.477. The number of amides is 1. The standard InChI is InChI=1S/C3H6FNO/c1-2(4)3(5)6/h2H,1H3,(H2,5,6)/i4-1. The van der Waals surface area contributed by atoms with Crippen molar-refractivity contribution in [1.82, 2.24) is 0 Å². The van der Waals surface area contributed by atoms with E-state index in [1.165, 1.54) is 0 Å². The van der Waals surface area contributed by atoms with E-state index >= 15 is 0 Å². The first-order valence-electron chi connectivity index (χ1n) is 1.58. The van der Waals surface area contributed by atoms with Crippen LogP contribution in [0.25, 0.3) is 0 Å². The van der Waals surface area contributed by atoms with Crippen LogP contribution in [0.1, 0.15) is 6.92 Å². The largest absolute Gasteiger partial charge is 0.367 e. The summed E-state index contributed by atoms with van der Waals surface area (Å²) in [5.74, 6) is -0.907. The first-order valence-corrected chi connectivity index (χ1v) is 1.58. The summed E-state index contributed by atoms with van der Waals surface area (Å²) in [4.78, 5) is 9.55. The van der Waals surface area contributed by atoms with Crippen LogP contribution in [0.15, 0.2) is 0 Å². The molecule has 0 fully saturated rings. The van der Waals surface area contributed by atoms with Crippen molar-refractivity contribution in [3.05, 3.63) is 0 Å². The van der Waals surface area contributed by atoms with Crippen molar-refractivity contribution in [2.45, 2.75) is 13.1 Å². The minimum absolute atomic E-state index is 0.907. The molecule has 1 unspecified atom stereocenters. The lowest BCUT2D eigenvalue weighted by Crippen LogP contribution is -2.20. The van der Waals surface area contributed by atoms with Crippen LogP contribution in [0.3, 0.4) is 0 Å². The van der Waals surface area contributed by atoms with Crippen LogP contribution in [0.5, 0.6) is 0 Å². The maximum atomic E-state index is 11.3. The fourth-order valence-corrected chi connectivity index (χ4v) is 0. The van der Waals surface area contributed by atoms with Gasteiger partial charge in [-0.2, -0.15) is 0 Å². The van der Waals surface area contributed by atoms with Gasteiger partial charge in [-0.25, -0.2) is 4.39 Å². The summed E-state index contributed by atoms with van der Waals surface area (Å²) in [6.45, 7) is 1.10. The van der Waals surface area contributed by atoms with Crippen LogP contribution in [0, 0.1) is 0 Å². The van der Waals surface area contributed by atoms with Crippen molar-refractivity contribution in [3.8, 4) is 0 Å². The zero-order valence-corrected chi connectivity index (χ0v) is 3.44. The third-order valence-corrected chi connectivity index (χ3v) is 0.392. The topological polar surface area (TPSA) is 43.1 Å². The Kier molecular flexibility index (Phi) is 1.57. The van der Waals surface area contributed by atoms with E-state index in [1.54, 1.807) is 0 Å². The summed E-state index contributed by atoms with van der Waals surface area (Å²) in [7, 11) is 0. The number of carbonyl (C=O) groups is 1. The second-order valence-corrected chi connectivity index (χ2v) is 1.02. The molecule has 0 aliphatic carbocycles. The van der Waals surface area contributed by atoms with E-state index < -0.39 is 12.1 Å². The van der Waals surface area contributed by atoms with E-state index in [-0.39, 0.29) is 0 Å². The number of alkyl halides is 1. The maximum absolute atomic E-state index is 11.3. The summed E-state index contributed by atoms with van der Waals surface area (Å²) in [6, 6.07) is 0. The molecule has 0 spiro atoms. The molecule has 2 N–H and O–H groups in total. The van der Waals surface area contributed by atoms with Gasteiger partial charge in [0, 0.05) is 0 Å². The van der Waals surface area contributed by atoms with Gasteiger partial charge in [0.25, 0.3) is 5.91 Å². The molecule has 0 rings (SSSR count). The summed E-state index contributed by atoms with van der Waals surface area (Å²) >= 11 is 0. The number of halogens is 1. The van der Waals surface area contributed by atoms with Gasteiger partial charge in [0.05, 0.1) is 0 Å². The first-order chi connectivity index (χ1) is 2.64. The second-order valence-electron chi connectivity index (χ2n) is 1.02. The molecule has 0 saturated carbocycles. The Hall–Kier alpha value is -0.600. The SMILES string of the molecule is CC([18F])C(N)=O. The van der Waals surface area contributed by atoms with Gasteiger partial charge in [0.2, 0.25) is 0 Å². The highest BCUT2D eigenvalue weighted by Crippen LogP contribution is 1.80. The third kappa shape index (κ3) is 1.69. The zero-order chi connectivity index (χ0) is 5.15.